The van der Waals surface area contributed by atoms with Crippen molar-refractivity contribution in [2.45, 2.75) is 19.4 Å². The molecule has 1 atom stereocenters. The molecule has 1 unspecified atom stereocenters. The smallest absolute Gasteiger partial charge is 0.0468 e. The Labute approximate surface area is 136 Å². The van der Waals surface area contributed by atoms with E-state index in [2.05, 4.69) is 28.9 Å². The minimum absolute atomic E-state index is 0.305. The summed E-state index contributed by atoms with van der Waals surface area (Å²) in [6, 6.07) is 6.07. The number of halogens is 2. The highest BCUT2D eigenvalue weighted by molar-refractivity contribution is 7.99. The minimum atomic E-state index is 0.305. The highest BCUT2D eigenvalue weighted by Crippen LogP contribution is 2.27. The van der Waals surface area contributed by atoms with Gasteiger partial charge in [0.25, 0.3) is 0 Å². The predicted octanol–water partition coefficient (Wildman–Crippen LogP) is 4.08. The molecule has 0 spiro atoms. The van der Waals surface area contributed by atoms with E-state index in [0.717, 1.165) is 30.1 Å². The van der Waals surface area contributed by atoms with E-state index in [1.807, 2.05) is 18.2 Å². The van der Waals surface area contributed by atoms with Crippen LogP contribution in [0.25, 0.3) is 0 Å². The summed E-state index contributed by atoms with van der Waals surface area (Å²) in [7, 11) is 0. The lowest BCUT2D eigenvalue weighted by Gasteiger charge is -2.27. The number of rotatable bonds is 6. The van der Waals surface area contributed by atoms with Gasteiger partial charge in [-0.15, -0.1) is 0 Å². The molecule has 0 saturated carbocycles. The van der Waals surface area contributed by atoms with Crippen molar-refractivity contribution in [2.75, 3.05) is 37.7 Å². The Morgan fingerprint density at radius 2 is 2.05 bits per heavy atom. The molecular formula is C15H22Cl2N2S. The molecule has 1 saturated heterocycles. The fourth-order valence-corrected chi connectivity index (χ4v) is 4.00. The zero-order valence-electron chi connectivity index (χ0n) is 11.9. The highest BCUT2D eigenvalue weighted by Gasteiger charge is 2.14. The van der Waals surface area contributed by atoms with Crippen LogP contribution in [-0.2, 0) is 0 Å². The second-order valence-corrected chi connectivity index (χ2v) is 7.10. The lowest BCUT2D eigenvalue weighted by molar-refractivity contribution is 0.294. The zero-order valence-corrected chi connectivity index (χ0v) is 14.2. The predicted molar refractivity (Wildman–Crippen MR) is 91.3 cm³/mol. The molecule has 5 heteroatoms. The molecule has 1 aliphatic rings. The summed E-state index contributed by atoms with van der Waals surface area (Å²) in [5.41, 5.74) is 1.15. The van der Waals surface area contributed by atoms with Gasteiger partial charge in [0.1, 0.15) is 0 Å². The molecule has 1 aromatic rings. The van der Waals surface area contributed by atoms with E-state index in [1.165, 1.54) is 24.6 Å². The lowest BCUT2D eigenvalue weighted by atomic mass is 10.0. The molecule has 2 nitrogen and oxygen atoms in total. The van der Waals surface area contributed by atoms with Crippen molar-refractivity contribution in [3.05, 3.63) is 33.8 Å². The first kappa shape index (κ1) is 16.4. The molecule has 0 aromatic heterocycles. The first-order chi connectivity index (χ1) is 9.70. The van der Waals surface area contributed by atoms with Crippen LogP contribution in [0.1, 0.15) is 24.9 Å². The summed E-state index contributed by atoms with van der Waals surface area (Å²) in [5, 5.41) is 5.07. The van der Waals surface area contributed by atoms with Gasteiger partial charge in [0.15, 0.2) is 0 Å². The highest BCUT2D eigenvalue weighted by atomic mass is 35.5. The summed E-state index contributed by atoms with van der Waals surface area (Å²) in [5.74, 6) is 2.53. The van der Waals surface area contributed by atoms with E-state index in [1.54, 1.807) is 0 Å². The number of thioether (sulfide) groups is 1. The van der Waals surface area contributed by atoms with Crippen LogP contribution in [0.15, 0.2) is 18.2 Å². The van der Waals surface area contributed by atoms with Crippen molar-refractivity contribution < 1.29 is 0 Å². The molecule has 1 aromatic carbocycles. The van der Waals surface area contributed by atoms with E-state index < -0.39 is 0 Å². The van der Waals surface area contributed by atoms with E-state index in [0.29, 0.717) is 11.1 Å². The summed E-state index contributed by atoms with van der Waals surface area (Å²) in [6.45, 7) is 6.72. The molecule has 2 rings (SSSR count). The number of nitrogens with zero attached hydrogens (tertiary/aromatic N) is 1. The summed E-state index contributed by atoms with van der Waals surface area (Å²) in [6.07, 6.45) is 1.03. The normalized spacial score (nSPS) is 18.1. The van der Waals surface area contributed by atoms with E-state index in [9.17, 15) is 0 Å². The Morgan fingerprint density at radius 1 is 1.30 bits per heavy atom. The third-order valence-electron chi connectivity index (χ3n) is 3.67. The standard InChI is InChI=1S/C15H22Cl2N2S/c1-2-15(13-4-3-12(16)11-14(13)17)18-5-6-19-7-9-20-10-8-19/h3-4,11,15,18H,2,5-10H2,1H3. The van der Waals surface area contributed by atoms with Gasteiger partial charge in [-0.3, -0.25) is 0 Å². The van der Waals surface area contributed by atoms with E-state index in [4.69, 9.17) is 23.2 Å². The molecule has 1 aliphatic heterocycles. The first-order valence-electron chi connectivity index (χ1n) is 7.19. The molecule has 1 heterocycles. The van der Waals surface area contributed by atoms with Gasteiger partial charge in [-0.1, -0.05) is 36.2 Å². The van der Waals surface area contributed by atoms with Gasteiger partial charge in [-0.2, -0.15) is 11.8 Å². The fraction of sp³-hybridized carbons (Fsp3) is 0.600. The van der Waals surface area contributed by atoms with Crippen LogP contribution < -0.4 is 5.32 Å². The summed E-state index contributed by atoms with van der Waals surface area (Å²) in [4.78, 5) is 2.53. The molecule has 112 valence electrons. The van der Waals surface area contributed by atoms with Crippen LogP contribution in [0.4, 0.5) is 0 Å². The van der Waals surface area contributed by atoms with Gasteiger partial charge < -0.3 is 10.2 Å². The molecule has 1 fully saturated rings. The van der Waals surface area contributed by atoms with Crippen LogP contribution >= 0.6 is 35.0 Å². The third-order valence-corrected chi connectivity index (χ3v) is 5.17. The summed E-state index contributed by atoms with van der Waals surface area (Å²) < 4.78 is 0. The van der Waals surface area contributed by atoms with Gasteiger partial charge in [-0.05, 0) is 24.1 Å². The second kappa shape index (κ2) is 8.50. The quantitative estimate of drug-likeness (QED) is 0.844. The average Bonchev–Trinajstić information content (AvgIpc) is 2.46. The maximum Gasteiger partial charge on any atom is 0.0468 e. The SMILES string of the molecule is CCC(NCCN1CCSCC1)c1ccc(Cl)cc1Cl. The Bertz CT molecular complexity index is 422. The van der Waals surface area contributed by atoms with Crippen molar-refractivity contribution in [1.82, 2.24) is 10.2 Å². The Morgan fingerprint density at radius 3 is 2.70 bits per heavy atom. The molecular weight excluding hydrogens is 311 g/mol. The molecule has 0 amide bonds. The van der Waals surface area contributed by atoms with Gasteiger partial charge >= 0.3 is 0 Å². The third kappa shape index (κ3) is 4.81. The van der Waals surface area contributed by atoms with Gasteiger partial charge in [0.2, 0.25) is 0 Å². The van der Waals surface area contributed by atoms with Crippen molar-refractivity contribution in [3.63, 3.8) is 0 Å². The average molecular weight is 333 g/mol. The Kier molecular flexibility index (Phi) is 6.99. The van der Waals surface area contributed by atoms with Gasteiger partial charge in [0.05, 0.1) is 0 Å². The van der Waals surface area contributed by atoms with Crippen LogP contribution in [0.5, 0.6) is 0 Å². The lowest BCUT2D eigenvalue weighted by Crippen LogP contribution is -2.38. The summed E-state index contributed by atoms with van der Waals surface area (Å²) >= 11 is 14.3. The maximum absolute atomic E-state index is 6.29. The van der Waals surface area contributed by atoms with Crippen LogP contribution in [0, 0.1) is 0 Å². The molecule has 0 aliphatic carbocycles. The van der Waals surface area contributed by atoms with Crippen molar-refractivity contribution >= 4 is 35.0 Å². The van der Waals surface area contributed by atoms with E-state index >= 15 is 0 Å². The number of nitrogens with one attached hydrogen (secondary N) is 1. The molecule has 20 heavy (non-hydrogen) atoms. The van der Waals surface area contributed by atoms with Crippen LogP contribution in [0.2, 0.25) is 10.0 Å². The molecule has 0 bridgehead atoms. The second-order valence-electron chi connectivity index (χ2n) is 5.03. The van der Waals surface area contributed by atoms with E-state index in [-0.39, 0.29) is 0 Å². The Balaban J connectivity index is 1.85. The van der Waals surface area contributed by atoms with Crippen LogP contribution in [0.3, 0.4) is 0 Å². The number of hydrogen-bond donors (Lipinski definition) is 1. The van der Waals surface area contributed by atoms with Crippen molar-refractivity contribution in [2.24, 2.45) is 0 Å². The number of hydrogen-bond acceptors (Lipinski definition) is 3. The topological polar surface area (TPSA) is 15.3 Å². The van der Waals surface area contributed by atoms with Crippen molar-refractivity contribution in [1.29, 1.82) is 0 Å². The van der Waals surface area contributed by atoms with Crippen LogP contribution in [-0.4, -0.2) is 42.6 Å². The molecule has 0 radical (unpaired) electrons. The maximum atomic E-state index is 6.29. The Hall–Kier alpha value is 0.0700. The first-order valence-corrected chi connectivity index (χ1v) is 9.10. The van der Waals surface area contributed by atoms with Gasteiger partial charge in [-0.25, -0.2) is 0 Å². The zero-order chi connectivity index (χ0) is 14.4. The van der Waals surface area contributed by atoms with Crippen molar-refractivity contribution in [3.8, 4) is 0 Å². The largest absolute Gasteiger partial charge is 0.309 e. The molecule has 1 N–H and O–H groups in total. The monoisotopic (exact) mass is 332 g/mol. The van der Waals surface area contributed by atoms with Gasteiger partial charge in [0, 0.05) is 53.8 Å². The minimum Gasteiger partial charge on any atom is -0.309 e. The number of benzene rings is 1. The fourth-order valence-electron chi connectivity index (χ4n) is 2.48.